The second-order valence-electron chi connectivity index (χ2n) is 3.86. The lowest BCUT2D eigenvalue weighted by molar-refractivity contribution is 0.0316. The summed E-state index contributed by atoms with van der Waals surface area (Å²) < 4.78 is 69.4. The van der Waals surface area contributed by atoms with E-state index in [1.807, 2.05) is 0 Å². The van der Waals surface area contributed by atoms with Crippen molar-refractivity contribution in [3.63, 3.8) is 0 Å². The van der Waals surface area contributed by atoms with Gasteiger partial charge in [0.25, 0.3) is 0 Å². The number of hydrogen-bond acceptors (Lipinski definition) is 2. The van der Waals surface area contributed by atoms with Crippen molar-refractivity contribution in [2.24, 2.45) is 0 Å². The molecule has 0 aliphatic carbocycles. The van der Waals surface area contributed by atoms with E-state index in [9.17, 15) is 22.0 Å². The highest BCUT2D eigenvalue weighted by molar-refractivity contribution is 5.30. The van der Waals surface area contributed by atoms with Gasteiger partial charge in [0.15, 0.2) is 5.75 Å². The van der Waals surface area contributed by atoms with Crippen LogP contribution in [0.1, 0.15) is 0 Å². The van der Waals surface area contributed by atoms with E-state index < -0.39 is 40.9 Å². The third-order valence-corrected chi connectivity index (χ3v) is 2.48. The largest absolute Gasteiger partial charge is 0.481 e. The molecule has 0 aromatic heterocycles. The Morgan fingerprint density at radius 1 is 0.882 bits per heavy atom. The van der Waals surface area contributed by atoms with Crippen LogP contribution in [0.15, 0.2) is 0 Å². The summed E-state index contributed by atoms with van der Waals surface area (Å²) in [6, 6.07) is 0. The number of halogens is 5. The predicted octanol–water partition coefficient (Wildman–Crippen LogP) is 2.07. The molecule has 0 bridgehead atoms. The van der Waals surface area contributed by atoms with Crippen molar-refractivity contribution < 1.29 is 26.7 Å². The summed E-state index contributed by atoms with van der Waals surface area (Å²) in [5, 5.41) is 0. The van der Waals surface area contributed by atoms with Crippen LogP contribution in [-0.2, 0) is 0 Å². The minimum absolute atomic E-state index is 0.374. The first-order valence-electron chi connectivity index (χ1n) is 4.78. The average Bonchev–Trinajstić information content (AvgIpc) is 2.27. The van der Waals surface area contributed by atoms with Gasteiger partial charge in [0.1, 0.15) is 6.10 Å². The van der Waals surface area contributed by atoms with Crippen molar-refractivity contribution >= 4 is 0 Å². The van der Waals surface area contributed by atoms with Crippen LogP contribution in [0.3, 0.4) is 0 Å². The van der Waals surface area contributed by atoms with E-state index in [4.69, 9.17) is 4.74 Å². The molecule has 2 rings (SSSR count). The maximum absolute atomic E-state index is 13.2. The van der Waals surface area contributed by atoms with Crippen molar-refractivity contribution in [2.45, 2.75) is 6.10 Å². The molecule has 0 saturated carbocycles. The zero-order valence-corrected chi connectivity index (χ0v) is 8.74. The van der Waals surface area contributed by atoms with E-state index in [0.29, 0.717) is 13.1 Å². The summed E-state index contributed by atoms with van der Waals surface area (Å²) in [4.78, 5) is 1.77. The Morgan fingerprint density at radius 2 is 1.29 bits per heavy atom. The molecule has 1 aliphatic heterocycles. The van der Waals surface area contributed by atoms with E-state index in [1.165, 1.54) is 0 Å². The summed E-state index contributed by atoms with van der Waals surface area (Å²) in [5.74, 6) is -11.2. The van der Waals surface area contributed by atoms with Crippen molar-refractivity contribution in [1.29, 1.82) is 0 Å². The number of ether oxygens (including phenoxy) is 1. The van der Waals surface area contributed by atoms with E-state index >= 15 is 0 Å². The molecule has 0 radical (unpaired) electrons. The van der Waals surface area contributed by atoms with E-state index in [1.54, 1.807) is 11.9 Å². The lowest BCUT2D eigenvalue weighted by Crippen LogP contribution is -2.51. The maximum Gasteiger partial charge on any atom is 0.207 e. The lowest BCUT2D eigenvalue weighted by atomic mass is 10.2. The fourth-order valence-electron chi connectivity index (χ4n) is 1.57. The minimum atomic E-state index is -2.18. The summed E-state index contributed by atoms with van der Waals surface area (Å²) >= 11 is 0. The topological polar surface area (TPSA) is 12.5 Å². The number of hydrogen-bond donors (Lipinski definition) is 0. The zero-order valence-electron chi connectivity index (χ0n) is 8.74. The third kappa shape index (κ3) is 1.95. The van der Waals surface area contributed by atoms with Crippen LogP contribution in [0.5, 0.6) is 5.75 Å². The molecular formula is C10H8F5NO. The summed E-state index contributed by atoms with van der Waals surface area (Å²) in [6.45, 7) is 0.749. The Hall–Kier alpha value is -1.37. The maximum atomic E-state index is 13.2. The van der Waals surface area contributed by atoms with Gasteiger partial charge in [0, 0.05) is 13.1 Å². The molecule has 0 atom stereocenters. The van der Waals surface area contributed by atoms with Crippen LogP contribution in [0, 0.1) is 29.1 Å². The number of nitrogens with zero attached hydrogens (tertiary/aromatic N) is 1. The molecule has 0 amide bonds. The Balaban J connectivity index is 2.33. The monoisotopic (exact) mass is 253 g/mol. The Kier molecular flexibility index (Phi) is 2.94. The molecule has 1 aromatic carbocycles. The van der Waals surface area contributed by atoms with E-state index in [-0.39, 0.29) is 0 Å². The number of benzene rings is 1. The van der Waals surface area contributed by atoms with Crippen LogP contribution in [0.4, 0.5) is 22.0 Å². The van der Waals surface area contributed by atoms with Gasteiger partial charge in [0.05, 0.1) is 0 Å². The minimum Gasteiger partial charge on any atom is -0.481 e. The fraction of sp³-hybridized carbons (Fsp3) is 0.400. The molecule has 1 aliphatic rings. The number of likely N-dealkylation sites (tertiary alicyclic amines) is 1. The van der Waals surface area contributed by atoms with Crippen molar-refractivity contribution in [3.8, 4) is 5.75 Å². The molecule has 0 spiro atoms. The second kappa shape index (κ2) is 4.14. The van der Waals surface area contributed by atoms with Gasteiger partial charge in [-0.15, -0.1) is 0 Å². The molecule has 1 fully saturated rings. The van der Waals surface area contributed by atoms with Gasteiger partial charge in [-0.3, -0.25) is 4.90 Å². The molecule has 17 heavy (non-hydrogen) atoms. The molecule has 0 unspecified atom stereocenters. The van der Waals surface area contributed by atoms with Crippen LogP contribution in [-0.4, -0.2) is 31.1 Å². The van der Waals surface area contributed by atoms with Crippen LogP contribution in [0.2, 0.25) is 0 Å². The van der Waals surface area contributed by atoms with Crippen molar-refractivity contribution in [2.75, 3.05) is 20.1 Å². The SMILES string of the molecule is CN1CC(Oc2c(F)c(F)c(F)c(F)c2F)C1. The Morgan fingerprint density at radius 3 is 1.71 bits per heavy atom. The van der Waals surface area contributed by atoms with Crippen LogP contribution in [0.25, 0.3) is 0 Å². The average molecular weight is 253 g/mol. The molecule has 7 heteroatoms. The van der Waals surface area contributed by atoms with Gasteiger partial charge in [-0.25, -0.2) is 13.2 Å². The zero-order chi connectivity index (χ0) is 12.7. The highest BCUT2D eigenvalue weighted by Gasteiger charge is 2.32. The van der Waals surface area contributed by atoms with Gasteiger partial charge < -0.3 is 4.74 Å². The molecular weight excluding hydrogens is 245 g/mol. The predicted molar refractivity (Wildman–Crippen MR) is 48.1 cm³/mol. The lowest BCUT2D eigenvalue weighted by Gasteiger charge is -2.36. The third-order valence-electron chi connectivity index (χ3n) is 2.48. The summed E-state index contributed by atoms with van der Waals surface area (Å²) in [6.07, 6.45) is -0.562. The fourth-order valence-corrected chi connectivity index (χ4v) is 1.57. The molecule has 2 nitrogen and oxygen atoms in total. The normalized spacial score (nSPS) is 17.1. The molecule has 1 saturated heterocycles. The first kappa shape index (κ1) is 12.1. The summed E-state index contributed by atoms with van der Waals surface area (Å²) in [5.41, 5.74) is 0. The van der Waals surface area contributed by atoms with Crippen molar-refractivity contribution in [1.82, 2.24) is 4.90 Å². The quantitative estimate of drug-likeness (QED) is 0.454. The number of rotatable bonds is 2. The van der Waals surface area contributed by atoms with Gasteiger partial charge in [-0.1, -0.05) is 0 Å². The molecule has 1 heterocycles. The van der Waals surface area contributed by atoms with E-state index in [2.05, 4.69) is 0 Å². The highest BCUT2D eigenvalue weighted by Crippen LogP contribution is 2.30. The first-order valence-corrected chi connectivity index (χ1v) is 4.78. The molecule has 94 valence electrons. The second-order valence-corrected chi connectivity index (χ2v) is 3.86. The molecule has 1 aromatic rings. The highest BCUT2D eigenvalue weighted by atomic mass is 19.2. The standard InChI is InChI=1S/C10H8F5NO/c1-16-2-4(3-16)17-10-8(14)6(12)5(11)7(13)9(10)15/h4H,2-3H2,1H3. The van der Waals surface area contributed by atoms with Crippen molar-refractivity contribution in [3.05, 3.63) is 29.1 Å². The van der Waals surface area contributed by atoms with Crippen LogP contribution >= 0.6 is 0 Å². The first-order chi connectivity index (χ1) is 7.91. The van der Waals surface area contributed by atoms with E-state index in [0.717, 1.165) is 0 Å². The van der Waals surface area contributed by atoms with Gasteiger partial charge in [-0.05, 0) is 7.05 Å². The Bertz CT molecular complexity index is 429. The Labute approximate surface area is 93.6 Å². The van der Waals surface area contributed by atoms with Gasteiger partial charge in [-0.2, -0.15) is 8.78 Å². The van der Waals surface area contributed by atoms with Gasteiger partial charge >= 0.3 is 0 Å². The molecule has 0 N–H and O–H groups in total. The van der Waals surface area contributed by atoms with Crippen LogP contribution < -0.4 is 4.74 Å². The van der Waals surface area contributed by atoms with Gasteiger partial charge in [0.2, 0.25) is 29.1 Å². The summed E-state index contributed by atoms with van der Waals surface area (Å²) in [7, 11) is 1.73. The smallest absolute Gasteiger partial charge is 0.207 e. The number of likely N-dealkylation sites (N-methyl/N-ethyl adjacent to an activating group) is 1.